The second-order valence-corrected chi connectivity index (χ2v) is 7.70. The molecular formula is C20H28N4O3. The summed E-state index contributed by atoms with van der Waals surface area (Å²) in [5.41, 5.74) is 2.87. The van der Waals surface area contributed by atoms with Crippen LogP contribution in [0.3, 0.4) is 0 Å². The first-order valence-electron chi connectivity index (χ1n) is 9.64. The van der Waals surface area contributed by atoms with Crippen LogP contribution in [-0.2, 0) is 16.0 Å². The molecule has 1 atom stereocenters. The van der Waals surface area contributed by atoms with E-state index in [1.54, 1.807) is 6.92 Å². The molecule has 1 aromatic rings. The lowest BCUT2D eigenvalue weighted by Crippen LogP contribution is -2.51. The Morgan fingerprint density at radius 3 is 2.48 bits per heavy atom. The minimum Gasteiger partial charge on any atom is -0.322 e. The molecule has 0 saturated carbocycles. The molecule has 2 heterocycles. The molecule has 2 aliphatic heterocycles. The van der Waals surface area contributed by atoms with E-state index in [-0.39, 0.29) is 12.5 Å². The minimum absolute atomic E-state index is 0.192. The largest absolute Gasteiger partial charge is 0.344 e. The molecule has 2 aliphatic rings. The zero-order valence-electron chi connectivity index (χ0n) is 16.0. The van der Waals surface area contributed by atoms with Gasteiger partial charge in [0.2, 0.25) is 0 Å². The number of carbonyl (C=O) groups is 3. The lowest BCUT2D eigenvalue weighted by molar-refractivity contribution is -0.139. The molecule has 7 nitrogen and oxygen atoms in total. The number of piperidine rings is 1. The molecule has 4 amide bonds. The van der Waals surface area contributed by atoms with Crippen LogP contribution in [0.2, 0.25) is 0 Å². The van der Waals surface area contributed by atoms with E-state index in [2.05, 4.69) is 39.9 Å². The Labute approximate surface area is 160 Å². The third-order valence-corrected chi connectivity index (χ3v) is 5.65. The van der Waals surface area contributed by atoms with E-state index in [9.17, 15) is 14.4 Å². The van der Waals surface area contributed by atoms with Crippen molar-refractivity contribution in [3.8, 4) is 0 Å². The van der Waals surface area contributed by atoms with Crippen LogP contribution >= 0.6 is 0 Å². The highest BCUT2D eigenvalue weighted by molar-refractivity contribution is 6.07. The van der Waals surface area contributed by atoms with Crippen molar-refractivity contribution in [1.82, 2.24) is 20.7 Å². The molecule has 2 saturated heterocycles. The average molecular weight is 372 g/mol. The monoisotopic (exact) mass is 372 g/mol. The predicted molar refractivity (Wildman–Crippen MR) is 102 cm³/mol. The summed E-state index contributed by atoms with van der Waals surface area (Å²) in [6, 6.07) is 9.89. The number of urea groups is 1. The van der Waals surface area contributed by atoms with E-state index < -0.39 is 17.5 Å². The fourth-order valence-electron chi connectivity index (χ4n) is 3.68. The number of rotatable bonds is 6. The zero-order valence-corrected chi connectivity index (χ0v) is 16.0. The summed E-state index contributed by atoms with van der Waals surface area (Å²) in [6.07, 6.45) is 3.62. The second kappa shape index (κ2) is 8.08. The third-order valence-electron chi connectivity index (χ3n) is 5.65. The van der Waals surface area contributed by atoms with Crippen LogP contribution in [0.15, 0.2) is 30.3 Å². The average Bonchev–Trinajstić information content (AvgIpc) is 2.88. The van der Waals surface area contributed by atoms with Crippen molar-refractivity contribution >= 4 is 17.8 Å². The molecule has 1 aromatic carbocycles. The second-order valence-electron chi connectivity index (χ2n) is 7.70. The van der Waals surface area contributed by atoms with Gasteiger partial charge in [0.25, 0.3) is 11.8 Å². The number of imide groups is 1. The topological polar surface area (TPSA) is 81.8 Å². The molecule has 0 radical (unpaired) electrons. The van der Waals surface area contributed by atoms with E-state index in [1.807, 2.05) is 13.0 Å². The van der Waals surface area contributed by atoms with Gasteiger partial charge in [0.05, 0.1) is 6.54 Å². The quantitative estimate of drug-likeness (QED) is 0.745. The van der Waals surface area contributed by atoms with E-state index in [0.29, 0.717) is 12.3 Å². The number of amides is 4. The van der Waals surface area contributed by atoms with E-state index in [4.69, 9.17) is 0 Å². The van der Waals surface area contributed by atoms with Crippen molar-refractivity contribution < 1.29 is 14.4 Å². The molecule has 0 spiro atoms. The lowest BCUT2D eigenvalue weighted by atomic mass is 9.90. The van der Waals surface area contributed by atoms with Crippen molar-refractivity contribution in [3.05, 3.63) is 35.9 Å². The van der Waals surface area contributed by atoms with E-state index in [1.165, 1.54) is 5.56 Å². The van der Waals surface area contributed by atoms with Gasteiger partial charge in [0.1, 0.15) is 5.54 Å². The normalized spacial score (nSPS) is 24.1. The number of nitrogens with one attached hydrogen (secondary N) is 2. The van der Waals surface area contributed by atoms with Gasteiger partial charge in [-0.05, 0) is 57.2 Å². The van der Waals surface area contributed by atoms with Crippen LogP contribution in [0.25, 0.3) is 0 Å². The van der Waals surface area contributed by atoms with Crippen molar-refractivity contribution in [3.63, 3.8) is 0 Å². The Morgan fingerprint density at radius 2 is 1.89 bits per heavy atom. The number of carbonyl (C=O) groups excluding carboxylic acids is 3. The zero-order chi connectivity index (χ0) is 19.4. The Kier molecular flexibility index (Phi) is 5.79. The SMILES string of the molecule is CC[C@@]1(C)NC(=O)N(NC(=O)CN2CCC(Cc3ccccc3)CC2)C1=O. The molecule has 2 N–H and O–H groups in total. The van der Waals surface area contributed by atoms with Crippen LogP contribution in [0.1, 0.15) is 38.7 Å². The van der Waals surface area contributed by atoms with Gasteiger partial charge in [-0.25, -0.2) is 4.79 Å². The van der Waals surface area contributed by atoms with Gasteiger partial charge in [0, 0.05) is 0 Å². The van der Waals surface area contributed by atoms with Crippen LogP contribution in [-0.4, -0.2) is 52.9 Å². The Hall–Kier alpha value is -2.41. The lowest BCUT2D eigenvalue weighted by Gasteiger charge is -2.31. The van der Waals surface area contributed by atoms with Crippen molar-refractivity contribution in [2.75, 3.05) is 19.6 Å². The molecule has 0 aliphatic carbocycles. The molecule has 0 unspecified atom stereocenters. The molecule has 27 heavy (non-hydrogen) atoms. The fraction of sp³-hybridized carbons (Fsp3) is 0.550. The Morgan fingerprint density at radius 1 is 1.22 bits per heavy atom. The summed E-state index contributed by atoms with van der Waals surface area (Å²) in [5, 5.41) is 3.44. The number of benzene rings is 1. The molecule has 7 heteroatoms. The first-order chi connectivity index (χ1) is 12.9. The van der Waals surface area contributed by atoms with Gasteiger partial charge in [-0.15, -0.1) is 0 Å². The third kappa shape index (κ3) is 4.47. The maximum atomic E-state index is 12.3. The van der Waals surface area contributed by atoms with E-state index >= 15 is 0 Å². The summed E-state index contributed by atoms with van der Waals surface area (Å²) in [5.74, 6) is -0.117. The highest BCUT2D eigenvalue weighted by Crippen LogP contribution is 2.22. The van der Waals surface area contributed by atoms with Gasteiger partial charge in [0.15, 0.2) is 0 Å². The summed E-state index contributed by atoms with van der Waals surface area (Å²) in [6.45, 7) is 5.37. The predicted octanol–water partition coefficient (Wildman–Crippen LogP) is 1.69. The van der Waals surface area contributed by atoms with Crippen molar-refractivity contribution in [1.29, 1.82) is 0 Å². The number of hydrogen-bond donors (Lipinski definition) is 2. The van der Waals surface area contributed by atoms with Crippen LogP contribution in [0.5, 0.6) is 0 Å². The standard InChI is InChI=1S/C20H28N4O3/c1-3-20(2)18(26)24(19(27)21-20)22-17(25)14-23-11-9-16(10-12-23)13-15-7-5-4-6-8-15/h4-8,16H,3,9-14H2,1-2H3,(H,21,27)(H,22,25)/t20-/m1/s1. The van der Waals surface area contributed by atoms with Gasteiger partial charge in [-0.2, -0.15) is 5.01 Å². The minimum atomic E-state index is -0.944. The molecule has 0 bridgehead atoms. The smallest absolute Gasteiger partial charge is 0.322 e. The summed E-state index contributed by atoms with van der Waals surface area (Å²) in [4.78, 5) is 38.7. The first kappa shape index (κ1) is 19.4. The maximum absolute atomic E-state index is 12.3. The molecule has 3 rings (SSSR count). The molecule has 2 fully saturated rings. The van der Waals surface area contributed by atoms with Gasteiger partial charge < -0.3 is 5.32 Å². The number of hydrazine groups is 1. The Bertz CT molecular complexity index is 700. The highest BCUT2D eigenvalue weighted by Gasteiger charge is 2.47. The molecular weight excluding hydrogens is 344 g/mol. The summed E-state index contributed by atoms with van der Waals surface area (Å²) < 4.78 is 0. The van der Waals surface area contributed by atoms with Crippen molar-refractivity contribution in [2.24, 2.45) is 5.92 Å². The van der Waals surface area contributed by atoms with Crippen LogP contribution in [0.4, 0.5) is 4.79 Å². The molecule has 0 aromatic heterocycles. The number of hydrogen-bond acceptors (Lipinski definition) is 4. The summed E-state index contributed by atoms with van der Waals surface area (Å²) >= 11 is 0. The summed E-state index contributed by atoms with van der Waals surface area (Å²) in [7, 11) is 0. The fourth-order valence-corrected chi connectivity index (χ4v) is 3.68. The first-order valence-corrected chi connectivity index (χ1v) is 9.64. The van der Waals surface area contributed by atoms with E-state index in [0.717, 1.165) is 37.4 Å². The van der Waals surface area contributed by atoms with Crippen LogP contribution < -0.4 is 10.7 Å². The number of nitrogens with zero attached hydrogens (tertiary/aromatic N) is 2. The number of likely N-dealkylation sites (tertiary alicyclic amines) is 1. The van der Waals surface area contributed by atoms with Crippen molar-refractivity contribution in [2.45, 2.75) is 45.1 Å². The highest BCUT2D eigenvalue weighted by atomic mass is 16.2. The Balaban J connectivity index is 1.45. The van der Waals surface area contributed by atoms with Gasteiger partial charge in [-0.1, -0.05) is 37.3 Å². The van der Waals surface area contributed by atoms with Crippen LogP contribution in [0, 0.1) is 5.92 Å². The molecule has 146 valence electrons. The van der Waals surface area contributed by atoms with Gasteiger partial charge >= 0.3 is 6.03 Å². The maximum Gasteiger partial charge on any atom is 0.344 e. The van der Waals surface area contributed by atoms with Gasteiger partial charge in [-0.3, -0.25) is 19.9 Å².